The molecule has 112 valence electrons. The normalized spacial score (nSPS) is 10.3. The van der Waals surface area contributed by atoms with Crippen LogP contribution in [0.2, 0.25) is 0 Å². The molecule has 0 aliphatic carbocycles. The van der Waals surface area contributed by atoms with Crippen LogP contribution in [0.4, 0.5) is 11.4 Å². The smallest absolute Gasteiger partial charge is 0.175 e. The Bertz CT molecular complexity index is 651. The van der Waals surface area contributed by atoms with Crippen LogP contribution >= 0.6 is 12.2 Å². The summed E-state index contributed by atoms with van der Waals surface area (Å²) in [6.07, 6.45) is 0. The van der Waals surface area contributed by atoms with E-state index in [-0.39, 0.29) is 0 Å². The maximum absolute atomic E-state index is 5.36. The number of benzene rings is 1. The van der Waals surface area contributed by atoms with Crippen molar-refractivity contribution in [3.8, 4) is 5.75 Å². The van der Waals surface area contributed by atoms with Crippen molar-refractivity contribution < 1.29 is 4.74 Å². The Kier molecular flexibility index (Phi) is 4.80. The molecule has 1 aromatic heterocycles. The van der Waals surface area contributed by atoms with E-state index in [9.17, 15) is 0 Å². The second kappa shape index (κ2) is 6.58. The minimum absolute atomic E-state index is 0.533. The van der Waals surface area contributed by atoms with E-state index in [2.05, 4.69) is 22.7 Å². The number of nitrogens with zero attached hydrogens (tertiary/aromatic N) is 2. The molecular formula is C15H20N4OS. The Morgan fingerprint density at radius 2 is 2.10 bits per heavy atom. The van der Waals surface area contributed by atoms with Gasteiger partial charge in [0.15, 0.2) is 5.11 Å². The minimum Gasteiger partial charge on any atom is -0.497 e. The maximum Gasteiger partial charge on any atom is 0.175 e. The lowest BCUT2D eigenvalue weighted by Crippen LogP contribution is -2.20. The molecule has 0 saturated heterocycles. The van der Waals surface area contributed by atoms with Crippen LogP contribution in [0, 0.1) is 13.8 Å². The first-order chi connectivity index (χ1) is 10.0. The van der Waals surface area contributed by atoms with E-state index in [1.807, 2.05) is 42.8 Å². The molecule has 6 heteroatoms. The van der Waals surface area contributed by atoms with Gasteiger partial charge in [-0.15, -0.1) is 0 Å². The maximum atomic E-state index is 5.36. The summed E-state index contributed by atoms with van der Waals surface area (Å²) in [7, 11) is 1.64. The monoisotopic (exact) mass is 304 g/mol. The summed E-state index contributed by atoms with van der Waals surface area (Å²) < 4.78 is 7.14. The van der Waals surface area contributed by atoms with Gasteiger partial charge in [0, 0.05) is 18.3 Å². The molecule has 0 aliphatic rings. The van der Waals surface area contributed by atoms with E-state index in [1.165, 1.54) is 0 Å². The first-order valence-electron chi connectivity index (χ1n) is 6.81. The van der Waals surface area contributed by atoms with Crippen molar-refractivity contribution in [3.63, 3.8) is 0 Å². The van der Waals surface area contributed by atoms with E-state index in [4.69, 9.17) is 17.0 Å². The highest BCUT2D eigenvalue weighted by Gasteiger charge is 2.11. The van der Waals surface area contributed by atoms with E-state index >= 15 is 0 Å². The number of rotatable bonds is 4. The largest absolute Gasteiger partial charge is 0.497 e. The van der Waals surface area contributed by atoms with Crippen molar-refractivity contribution in [1.82, 2.24) is 9.78 Å². The highest BCUT2D eigenvalue weighted by molar-refractivity contribution is 7.80. The van der Waals surface area contributed by atoms with Gasteiger partial charge in [-0.05, 0) is 45.1 Å². The fourth-order valence-corrected chi connectivity index (χ4v) is 2.38. The molecule has 1 heterocycles. The van der Waals surface area contributed by atoms with Gasteiger partial charge in [0.25, 0.3) is 0 Å². The Morgan fingerprint density at radius 3 is 2.71 bits per heavy atom. The molecule has 21 heavy (non-hydrogen) atoms. The third-order valence-electron chi connectivity index (χ3n) is 3.25. The van der Waals surface area contributed by atoms with Crippen LogP contribution in [0.15, 0.2) is 24.3 Å². The minimum atomic E-state index is 0.533. The second-order valence-corrected chi connectivity index (χ2v) is 5.08. The van der Waals surface area contributed by atoms with Gasteiger partial charge in [0.2, 0.25) is 0 Å². The van der Waals surface area contributed by atoms with Crippen LogP contribution < -0.4 is 15.4 Å². The number of anilines is 2. The lowest BCUT2D eigenvalue weighted by Gasteiger charge is -2.11. The van der Waals surface area contributed by atoms with E-state index in [0.29, 0.717) is 5.11 Å². The first kappa shape index (κ1) is 15.3. The number of hydrogen-bond donors (Lipinski definition) is 2. The molecule has 1 aromatic carbocycles. The summed E-state index contributed by atoms with van der Waals surface area (Å²) in [5.41, 5.74) is 3.84. The number of methoxy groups -OCH3 is 1. The van der Waals surface area contributed by atoms with Crippen LogP contribution in [-0.2, 0) is 6.54 Å². The Morgan fingerprint density at radius 1 is 1.33 bits per heavy atom. The van der Waals surface area contributed by atoms with Crippen LogP contribution in [0.1, 0.15) is 18.3 Å². The molecule has 0 atom stereocenters. The highest BCUT2D eigenvalue weighted by Crippen LogP contribution is 2.21. The second-order valence-electron chi connectivity index (χ2n) is 4.67. The summed E-state index contributed by atoms with van der Waals surface area (Å²) in [5.74, 6) is 0.786. The molecule has 0 aliphatic heterocycles. The fraction of sp³-hybridized carbons (Fsp3) is 0.333. The van der Waals surface area contributed by atoms with Crippen molar-refractivity contribution in [2.45, 2.75) is 27.3 Å². The van der Waals surface area contributed by atoms with E-state index < -0.39 is 0 Å². The van der Waals surface area contributed by atoms with Gasteiger partial charge in [-0.3, -0.25) is 4.68 Å². The average molecular weight is 304 g/mol. The topological polar surface area (TPSA) is 51.1 Å². The van der Waals surface area contributed by atoms with Gasteiger partial charge >= 0.3 is 0 Å². The number of hydrogen-bond acceptors (Lipinski definition) is 3. The summed E-state index contributed by atoms with van der Waals surface area (Å²) in [5, 5.41) is 11.4. The summed E-state index contributed by atoms with van der Waals surface area (Å²) in [6.45, 7) is 6.90. The average Bonchev–Trinajstić information content (AvgIpc) is 2.74. The molecule has 0 saturated carbocycles. The number of aryl methyl sites for hydroxylation is 2. The number of nitrogens with one attached hydrogen (secondary N) is 2. The third kappa shape index (κ3) is 3.52. The number of thiocarbonyl (C=S) groups is 1. The van der Waals surface area contributed by atoms with Crippen molar-refractivity contribution >= 4 is 28.7 Å². The number of ether oxygens (including phenoxy) is 1. The van der Waals surface area contributed by atoms with Crippen molar-refractivity contribution in [3.05, 3.63) is 35.7 Å². The van der Waals surface area contributed by atoms with Crippen LogP contribution in [-0.4, -0.2) is 22.0 Å². The lowest BCUT2D eigenvalue weighted by molar-refractivity contribution is 0.415. The Hall–Kier alpha value is -2.08. The van der Waals surface area contributed by atoms with Gasteiger partial charge in [0.05, 0.1) is 24.2 Å². The molecule has 0 fully saturated rings. The predicted molar refractivity (Wildman–Crippen MR) is 90.2 cm³/mol. The molecule has 0 radical (unpaired) electrons. The summed E-state index contributed by atoms with van der Waals surface area (Å²) in [6, 6.07) is 7.63. The van der Waals surface area contributed by atoms with Crippen LogP contribution in [0.25, 0.3) is 0 Å². The Balaban J connectivity index is 2.10. The van der Waals surface area contributed by atoms with Gasteiger partial charge in [-0.2, -0.15) is 5.10 Å². The fourth-order valence-electron chi connectivity index (χ4n) is 2.16. The van der Waals surface area contributed by atoms with E-state index in [1.54, 1.807) is 7.11 Å². The summed E-state index contributed by atoms with van der Waals surface area (Å²) >= 11 is 5.36. The summed E-state index contributed by atoms with van der Waals surface area (Å²) in [4.78, 5) is 0. The van der Waals surface area contributed by atoms with Crippen LogP contribution in [0.3, 0.4) is 0 Å². The van der Waals surface area contributed by atoms with Gasteiger partial charge in [-0.1, -0.05) is 6.07 Å². The van der Waals surface area contributed by atoms with Crippen molar-refractivity contribution in [2.75, 3.05) is 17.7 Å². The molecular weight excluding hydrogens is 284 g/mol. The standard InChI is InChI=1S/C15H20N4OS/c1-5-19-11(3)14(10(2)18-19)17-15(21)16-12-7-6-8-13(9-12)20-4/h6-9H,5H2,1-4H3,(H2,16,17,21). The molecule has 2 rings (SSSR count). The van der Waals surface area contributed by atoms with E-state index in [0.717, 1.165) is 35.1 Å². The predicted octanol–water partition coefficient (Wildman–Crippen LogP) is 3.34. The van der Waals surface area contributed by atoms with Gasteiger partial charge in [0.1, 0.15) is 5.75 Å². The molecule has 2 aromatic rings. The quantitative estimate of drug-likeness (QED) is 0.849. The molecule has 0 unspecified atom stereocenters. The van der Waals surface area contributed by atoms with Crippen molar-refractivity contribution in [2.24, 2.45) is 0 Å². The molecule has 5 nitrogen and oxygen atoms in total. The Labute approximate surface area is 130 Å². The first-order valence-corrected chi connectivity index (χ1v) is 7.22. The highest BCUT2D eigenvalue weighted by atomic mass is 32.1. The SMILES string of the molecule is CCn1nc(C)c(NC(=S)Nc2cccc(OC)c2)c1C. The third-order valence-corrected chi connectivity index (χ3v) is 3.45. The zero-order valence-electron chi connectivity index (χ0n) is 12.7. The molecule has 2 N–H and O–H groups in total. The molecule has 0 amide bonds. The zero-order valence-corrected chi connectivity index (χ0v) is 13.5. The van der Waals surface area contributed by atoms with Crippen LogP contribution in [0.5, 0.6) is 5.75 Å². The molecule has 0 bridgehead atoms. The lowest BCUT2D eigenvalue weighted by atomic mass is 10.3. The van der Waals surface area contributed by atoms with Gasteiger partial charge in [-0.25, -0.2) is 0 Å². The van der Waals surface area contributed by atoms with Gasteiger partial charge < -0.3 is 15.4 Å². The van der Waals surface area contributed by atoms with Crippen molar-refractivity contribution in [1.29, 1.82) is 0 Å². The number of aromatic nitrogens is 2. The molecule has 0 spiro atoms. The zero-order chi connectivity index (χ0) is 15.4.